The molecule has 0 bridgehead atoms. The number of benzene rings is 1. The zero-order valence-corrected chi connectivity index (χ0v) is 10.6. The maximum atomic E-state index is 11.4. The number of nitrogens with two attached hydrogens (primary N) is 1. The molecule has 5 heteroatoms. The van der Waals surface area contributed by atoms with Crippen molar-refractivity contribution >= 4 is 16.9 Å². The van der Waals surface area contributed by atoms with Crippen LogP contribution in [-0.4, -0.2) is 37.1 Å². The maximum Gasteiger partial charge on any atom is 0.249 e. The SMILES string of the molecule is NC(=O)c1cccc2oc(CN3CCOCC3)cc12. The average molecular weight is 260 g/mol. The van der Waals surface area contributed by atoms with E-state index in [9.17, 15) is 4.79 Å². The van der Waals surface area contributed by atoms with Crippen molar-refractivity contribution in [3.8, 4) is 0 Å². The minimum Gasteiger partial charge on any atom is -0.460 e. The molecule has 1 aromatic heterocycles. The summed E-state index contributed by atoms with van der Waals surface area (Å²) in [6, 6.07) is 7.26. The van der Waals surface area contributed by atoms with Gasteiger partial charge in [-0.25, -0.2) is 0 Å². The molecular weight excluding hydrogens is 244 g/mol. The third-order valence-corrected chi connectivity index (χ3v) is 3.36. The zero-order chi connectivity index (χ0) is 13.2. The van der Waals surface area contributed by atoms with Crippen molar-refractivity contribution in [1.82, 2.24) is 4.90 Å². The second-order valence-electron chi connectivity index (χ2n) is 4.68. The molecule has 2 N–H and O–H groups in total. The van der Waals surface area contributed by atoms with Gasteiger partial charge in [-0.1, -0.05) is 6.07 Å². The Balaban J connectivity index is 1.88. The molecule has 100 valence electrons. The van der Waals surface area contributed by atoms with Crippen LogP contribution in [-0.2, 0) is 11.3 Å². The van der Waals surface area contributed by atoms with Crippen LogP contribution < -0.4 is 5.73 Å². The molecule has 1 fully saturated rings. The van der Waals surface area contributed by atoms with Gasteiger partial charge in [0.05, 0.1) is 25.3 Å². The normalized spacial score (nSPS) is 16.8. The topological polar surface area (TPSA) is 68.7 Å². The van der Waals surface area contributed by atoms with E-state index in [2.05, 4.69) is 4.90 Å². The van der Waals surface area contributed by atoms with Crippen LogP contribution in [0, 0.1) is 0 Å². The Morgan fingerprint density at radius 3 is 2.84 bits per heavy atom. The van der Waals surface area contributed by atoms with E-state index in [1.807, 2.05) is 12.1 Å². The molecule has 0 unspecified atom stereocenters. The summed E-state index contributed by atoms with van der Waals surface area (Å²) in [5, 5.41) is 0.790. The molecule has 0 radical (unpaired) electrons. The van der Waals surface area contributed by atoms with E-state index < -0.39 is 5.91 Å². The first-order valence-electron chi connectivity index (χ1n) is 6.35. The van der Waals surface area contributed by atoms with Gasteiger partial charge in [0.15, 0.2) is 0 Å². The summed E-state index contributed by atoms with van der Waals surface area (Å²) >= 11 is 0. The summed E-state index contributed by atoms with van der Waals surface area (Å²) in [4.78, 5) is 13.6. The number of carbonyl (C=O) groups is 1. The highest BCUT2D eigenvalue weighted by Gasteiger charge is 2.15. The first kappa shape index (κ1) is 12.2. The number of rotatable bonds is 3. The highest BCUT2D eigenvalue weighted by atomic mass is 16.5. The van der Waals surface area contributed by atoms with Gasteiger partial charge in [-0.15, -0.1) is 0 Å². The fourth-order valence-electron chi connectivity index (χ4n) is 2.39. The van der Waals surface area contributed by atoms with Crippen LogP contribution >= 0.6 is 0 Å². The maximum absolute atomic E-state index is 11.4. The van der Waals surface area contributed by atoms with E-state index in [1.165, 1.54) is 0 Å². The number of fused-ring (bicyclic) bond motifs is 1. The number of amides is 1. The van der Waals surface area contributed by atoms with Crippen LogP contribution in [0.1, 0.15) is 16.1 Å². The fraction of sp³-hybridized carbons (Fsp3) is 0.357. The van der Waals surface area contributed by atoms with E-state index in [1.54, 1.807) is 12.1 Å². The van der Waals surface area contributed by atoms with Crippen molar-refractivity contribution in [2.75, 3.05) is 26.3 Å². The molecule has 19 heavy (non-hydrogen) atoms. The fourth-order valence-corrected chi connectivity index (χ4v) is 2.39. The molecule has 1 amide bonds. The molecule has 0 atom stereocenters. The first-order valence-corrected chi connectivity index (χ1v) is 6.35. The minimum atomic E-state index is -0.427. The molecule has 0 saturated carbocycles. The molecule has 2 aromatic rings. The average Bonchev–Trinajstić information content (AvgIpc) is 2.81. The first-order chi connectivity index (χ1) is 9.24. The Bertz CT molecular complexity index is 600. The van der Waals surface area contributed by atoms with E-state index in [-0.39, 0.29) is 0 Å². The molecule has 1 aliphatic heterocycles. The second-order valence-corrected chi connectivity index (χ2v) is 4.68. The Morgan fingerprint density at radius 2 is 2.11 bits per heavy atom. The monoisotopic (exact) mass is 260 g/mol. The largest absolute Gasteiger partial charge is 0.460 e. The Kier molecular flexibility index (Phi) is 3.23. The lowest BCUT2D eigenvalue weighted by atomic mass is 10.1. The van der Waals surface area contributed by atoms with Gasteiger partial charge in [0.1, 0.15) is 11.3 Å². The highest BCUT2D eigenvalue weighted by molar-refractivity contribution is 6.05. The van der Waals surface area contributed by atoms with Crippen molar-refractivity contribution in [3.63, 3.8) is 0 Å². The zero-order valence-electron chi connectivity index (χ0n) is 10.6. The van der Waals surface area contributed by atoms with Crippen molar-refractivity contribution in [2.45, 2.75) is 6.54 Å². The van der Waals surface area contributed by atoms with E-state index in [0.29, 0.717) is 11.1 Å². The molecule has 1 saturated heterocycles. The number of primary amides is 1. The van der Waals surface area contributed by atoms with Gasteiger partial charge in [0.2, 0.25) is 5.91 Å². The molecule has 1 aromatic carbocycles. The number of furan rings is 1. The standard InChI is InChI=1S/C14H16N2O3/c15-14(17)11-2-1-3-13-12(11)8-10(19-13)9-16-4-6-18-7-5-16/h1-3,8H,4-7,9H2,(H2,15,17). The summed E-state index contributed by atoms with van der Waals surface area (Å²) in [6.07, 6.45) is 0. The van der Waals surface area contributed by atoms with Gasteiger partial charge in [0, 0.05) is 18.5 Å². The summed E-state index contributed by atoms with van der Waals surface area (Å²) in [5.74, 6) is 0.426. The third-order valence-electron chi connectivity index (χ3n) is 3.36. The van der Waals surface area contributed by atoms with Crippen molar-refractivity contribution in [2.24, 2.45) is 5.73 Å². The predicted octanol–water partition coefficient (Wildman–Crippen LogP) is 1.36. The minimum absolute atomic E-state index is 0.427. The smallest absolute Gasteiger partial charge is 0.249 e. The molecule has 0 aliphatic carbocycles. The van der Waals surface area contributed by atoms with Gasteiger partial charge >= 0.3 is 0 Å². The number of hydrogen-bond donors (Lipinski definition) is 1. The molecule has 2 heterocycles. The van der Waals surface area contributed by atoms with Gasteiger partial charge in [0.25, 0.3) is 0 Å². The molecular formula is C14H16N2O3. The molecule has 3 rings (SSSR count). The second kappa shape index (κ2) is 5.03. The number of morpholine rings is 1. The van der Waals surface area contributed by atoms with Gasteiger partial charge in [-0.2, -0.15) is 0 Å². The Morgan fingerprint density at radius 1 is 1.32 bits per heavy atom. The summed E-state index contributed by atoms with van der Waals surface area (Å²) in [5.41, 5.74) is 6.58. The Hall–Kier alpha value is -1.85. The quantitative estimate of drug-likeness (QED) is 0.904. The molecule has 1 aliphatic rings. The summed E-state index contributed by atoms with van der Waals surface area (Å²) in [7, 11) is 0. The summed E-state index contributed by atoms with van der Waals surface area (Å²) in [6.45, 7) is 4.05. The Labute approximate surface area is 110 Å². The third kappa shape index (κ3) is 2.47. The van der Waals surface area contributed by atoms with Crippen molar-refractivity contribution < 1.29 is 13.9 Å². The lowest BCUT2D eigenvalue weighted by molar-refractivity contribution is 0.0315. The predicted molar refractivity (Wildman–Crippen MR) is 70.8 cm³/mol. The lowest BCUT2D eigenvalue weighted by Gasteiger charge is -2.25. The van der Waals surface area contributed by atoms with E-state index >= 15 is 0 Å². The number of nitrogens with zero attached hydrogens (tertiary/aromatic N) is 1. The summed E-state index contributed by atoms with van der Waals surface area (Å²) < 4.78 is 11.1. The molecule has 0 spiro atoms. The van der Waals surface area contributed by atoms with Gasteiger partial charge in [-0.05, 0) is 18.2 Å². The van der Waals surface area contributed by atoms with Crippen LogP contribution in [0.4, 0.5) is 0 Å². The lowest BCUT2D eigenvalue weighted by Crippen LogP contribution is -2.35. The number of ether oxygens (including phenoxy) is 1. The van der Waals surface area contributed by atoms with E-state index in [0.717, 1.165) is 44.0 Å². The highest BCUT2D eigenvalue weighted by Crippen LogP contribution is 2.24. The van der Waals surface area contributed by atoms with Crippen LogP contribution in [0.3, 0.4) is 0 Å². The van der Waals surface area contributed by atoms with Crippen molar-refractivity contribution in [3.05, 3.63) is 35.6 Å². The van der Waals surface area contributed by atoms with Crippen LogP contribution in [0.2, 0.25) is 0 Å². The molecule has 5 nitrogen and oxygen atoms in total. The van der Waals surface area contributed by atoms with Crippen LogP contribution in [0.25, 0.3) is 11.0 Å². The van der Waals surface area contributed by atoms with Gasteiger partial charge in [-0.3, -0.25) is 9.69 Å². The van der Waals surface area contributed by atoms with Crippen LogP contribution in [0.15, 0.2) is 28.7 Å². The number of hydrogen-bond acceptors (Lipinski definition) is 4. The van der Waals surface area contributed by atoms with Crippen molar-refractivity contribution in [1.29, 1.82) is 0 Å². The van der Waals surface area contributed by atoms with Gasteiger partial charge < -0.3 is 14.9 Å². The van der Waals surface area contributed by atoms with E-state index in [4.69, 9.17) is 14.9 Å². The van der Waals surface area contributed by atoms with Crippen LogP contribution in [0.5, 0.6) is 0 Å². The number of carbonyl (C=O) groups excluding carboxylic acids is 1.